The van der Waals surface area contributed by atoms with E-state index in [0.717, 1.165) is 37.4 Å². The number of hydrogen-bond acceptors (Lipinski definition) is 4. The summed E-state index contributed by atoms with van der Waals surface area (Å²) in [4.78, 5) is 11.1. The Kier molecular flexibility index (Phi) is 6.78. The molecule has 1 heterocycles. The number of rotatable bonds is 8. The van der Waals surface area contributed by atoms with E-state index in [-0.39, 0.29) is 0 Å². The number of hydrogen-bond donors (Lipinski definition) is 1. The van der Waals surface area contributed by atoms with Crippen LogP contribution in [0, 0.1) is 5.92 Å². The minimum absolute atomic E-state index is 0.518. The van der Waals surface area contributed by atoms with Gasteiger partial charge in [0.15, 0.2) is 0 Å². The van der Waals surface area contributed by atoms with Gasteiger partial charge in [0.05, 0.1) is 0 Å². The molecule has 0 unspecified atom stereocenters. The third kappa shape index (κ3) is 5.15. The molecule has 0 amide bonds. The second-order valence-corrected chi connectivity index (χ2v) is 5.50. The van der Waals surface area contributed by atoms with Crippen LogP contribution in [-0.2, 0) is 6.54 Å². The van der Waals surface area contributed by atoms with Crippen molar-refractivity contribution in [3.05, 3.63) is 18.0 Å². The predicted octanol–water partition coefficient (Wildman–Crippen LogP) is 2.85. The molecule has 0 aliphatic rings. The molecule has 0 aliphatic heterocycles. The van der Waals surface area contributed by atoms with Crippen LogP contribution in [0.1, 0.15) is 46.1 Å². The van der Waals surface area contributed by atoms with E-state index < -0.39 is 0 Å². The maximum absolute atomic E-state index is 4.47. The highest BCUT2D eigenvalue weighted by atomic mass is 15.2. The third-order valence-electron chi connectivity index (χ3n) is 3.38. The Morgan fingerprint density at radius 3 is 2.21 bits per heavy atom. The smallest absolute Gasteiger partial charge is 0.225 e. The first-order valence-electron chi connectivity index (χ1n) is 7.32. The zero-order chi connectivity index (χ0) is 14.3. The highest BCUT2D eigenvalue weighted by molar-refractivity contribution is 5.30. The lowest BCUT2D eigenvalue weighted by Crippen LogP contribution is -2.31. The number of nitrogens with one attached hydrogen (secondary N) is 1. The van der Waals surface area contributed by atoms with Crippen LogP contribution in [0.5, 0.6) is 0 Å². The minimum atomic E-state index is 0.518. The molecule has 1 N–H and O–H groups in total. The molecule has 0 aromatic carbocycles. The Hall–Kier alpha value is -1.16. The quantitative estimate of drug-likeness (QED) is 0.784. The molecule has 1 aromatic rings. The van der Waals surface area contributed by atoms with Crippen molar-refractivity contribution in [1.29, 1.82) is 0 Å². The molecule has 19 heavy (non-hydrogen) atoms. The summed E-state index contributed by atoms with van der Waals surface area (Å²) < 4.78 is 0. The summed E-state index contributed by atoms with van der Waals surface area (Å²) >= 11 is 0. The molecule has 0 spiro atoms. The zero-order valence-corrected chi connectivity index (χ0v) is 13.0. The summed E-state index contributed by atoms with van der Waals surface area (Å²) in [6.45, 7) is 10.7. The normalized spacial score (nSPS) is 11.3. The van der Waals surface area contributed by atoms with Gasteiger partial charge in [-0.3, -0.25) is 0 Å². The van der Waals surface area contributed by atoms with Crippen LogP contribution >= 0.6 is 0 Å². The molecule has 4 heteroatoms. The van der Waals surface area contributed by atoms with Crippen LogP contribution in [0.15, 0.2) is 12.4 Å². The largest absolute Gasteiger partial charge is 0.341 e. The van der Waals surface area contributed by atoms with E-state index in [4.69, 9.17) is 0 Å². The van der Waals surface area contributed by atoms with Gasteiger partial charge in [-0.15, -0.1) is 0 Å². The highest BCUT2D eigenvalue weighted by Gasteiger charge is 2.13. The maximum atomic E-state index is 4.47. The van der Waals surface area contributed by atoms with Gasteiger partial charge in [-0.25, -0.2) is 9.97 Å². The predicted molar refractivity (Wildman–Crippen MR) is 81.3 cm³/mol. The molecular formula is C15H28N4. The molecule has 0 saturated heterocycles. The Labute approximate surface area is 117 Å². The van der Waals surface area contributed by atoms with Crippen LogP contribution in [0.25, 0.3) is 0 Å². The first-order chi connectivity index (χ1) is 9.08. The summed E-state index contributed by atoms with van der Waals surface area (Å²) in [7, 11) is 2.07. The fourth-order valence-electron chi connectivity index (χ4n) is 2.13. The van der Waals surface area contributed by atoms with Crippen LogP contribution in [0.2, 0.25) is 0 Å². The SMILES string of the molecule is CCC(CC)N(C)c1ncc(CNCC(C)C)cn1. The molecule has 0 aliphatic carbocycles. The molecule has 0 fully saturated rings. The monoisotopic (exact) mass is 264 g/mol. The van der Waals surface area contributed by atoms with Crippen LogP contribution in [-0.4, -0.2) is 29.6 Å². The average molecular weight is 264 g/mol. The van der Waals surface area contributed by atoms with Crippen LogP contribution in [0.3, 0.4) is 0 Å². The van der Waals surface area contributed by atoms with Gasteiger partial charge in [-0.2, -0.15) is 0 Å². The summed E-state index contributed by atoms with van der Waals surface area (Å²) in [5, 5.41) is 3.40. The first kappa shape index (κ1) is 15.9. The van der Waals surface area contributed by atoms with Crippen molar-refractivity contribution in [1.82, 2.24) is 15.3 Å². The van der Waals surface area contributed by atoms with Gasteiger partial charge < -0.3 is 10.2 Å². The van der Waals surface area contributed by atoms with E-state index in [0.29, 0.717) is 12.0 Å². The van der Waals surface area contributed by atoms with Gasteiger partial charge in [-0.05, 0) is 25.3 Å². The number of nitrogens with zero attached hydrogens (tertiary/aromatic N) is 3. The zero-order valence-electron chi connectivity index (χ0n) is 13.0. The molecule has 108 valence electrons. The van der Waals surface area contributed by atoms with Gasteiger partial charge in [0, 0.05) is 37.6 Å². The molecule has 0 radical (unpaired) electrons. The lowest BCUT2D eigenvalue weighted by molar-refractivity contribution is 0.550. The summed E-state index contributed by atoms with van der Waals surface area (Å²) in [5.74, 6) is 1.49. The van der Waals surface area contributed by atoms with Gasteiger partial charge in [0.1, 0.15) is 0 Å². The molecule has 4 nitrogen and oxygen atoms in total. The average Bonchev–Trinajstić information content (AvgIpc) is 2.40. The Morgan fingerprint density at radius 1 is 1.16 bits per heavy atom. The van der Waals surface area contributed by atoms with E-state index in [1.807, 2.05) is 12.4 Å². The molecule has 1 aromatic heterocycles. The summed E-state index contributed by atoms with van der Waals surface area (Å²) in [5.41, 5.74) is 1.14. The maximum Gasteiger partial charge on any atom is 0.225 e. The number of anilines is 1. The van der Waals surface area contributed by atoms with E-state index in [9.17, 15) is 0 Å². The fourth-order valence-corrected chi connectivity index (χ4v) is 2.13. The van der Waals surface area contributed by atoms with Gasteiger partial charge in [-0.1, -0.05) is 27.7 Å². The van der Waals surface area contributed by atoms with E-state index in [1.54, 1.807) is 0 Å². The van der Waals surface area contributed by atoms with Crippen molar-refractivity contribution >= 4 is 5.95 Å². The Balaban J connectivity index is 2.55. The van der Waals surface area contributed by atoms with Crippen LogP contribution in [0.4, 0.5) is 5.95 Å². The minimum Gasteiger partial charge on any atom is -0.341 e. The van der Waals surface area contributed by atoms with Gasteiger partial charge >= 0.3 is 0 Å². The fraction of sp³-hybridized carbons (Fsp3) is 0.733. The van der Waals surface area contributed by atoms with Crippen molar-refractivity contribution in [2.75, 3.05) is 18.5 Å². The number of aromatic nitrogens is 2. The Morgan fingerprint density at radius 2 is 1.74 bits per heavy atom. The van der Waals surface area contributed by atoms with Crippen molar-refractivity contribution in [2.24, 2.45) is 5.92 Å². The van der Waals surface area contributed by atoms with E-state index >= 15 is 0 Å². The molecule has 0 bridgehead atoms. The van der Waals surface area contributed by atoms with Crippen molar-refractivity contribution in [2.45, 2.75) is 53.1 Å². The second kappa shape index (κ2) is 8.10. The molecule has 0 saturated carbocycles. The van der Waals surface area contributed by atoms with Crippen molar-refractivity contribution < 1.29 is 0 Å². The second-order valence-electron chi connectivity index (χ2n) is 5.50. The van der Waals surface area contributed by atoms with Crippen molar-refractivity contribution in [3.8, 4) is 0 Å². The molecule has 1 rings (SSSR count). The van der Waals surface area contributed by atoms with Gasteiger partial charge in [0.2, 0.25) is 5.95 Å². The van der Waals surface area contributed by atoms with Crippen LogP contribution < -0.4 is 10.2 Å². The lowest BCUT2D eigenvalue weighted by atomic mass is 10.1. The summed E-state index contributed by atoms with van der Waals surface area (Å²) in [6.07, 6.45) is 6.09. The Bertz CT molecular complexity index is 344. The van der Waals surface area contributed by atoms with E-state index in [1.165, 1.54) is 0 Å². The molecular weight excluding hydrogens is 236 g/mol. The standard InChI is InChI=1S/C15H28N4/c1-6-14(7-2)19(5)15-17-10-13(11-18-15)9-16-8-12(3)4/h10-12,14,16H,6-9H2,1-5H3. The first-order valence-corrected chi connectivity index (χ1v) is 7.32. The topological polar surface area (TPSA) is 41.1 Å². The van der Waals surface area contributed by atoms with Crippen molar-refractivity contribution in [3.63, 3.8) is 0 Å². The van der Waals surface area contributed by atoms with E-state index in [2.05, 4.69) is 54.9 Å². The molecule has 0 atom stereocenters. The third-order valence-corrected chi connectivity index (χ3v) is 3.38. The summed E-state index contributed by atoms with van der Waals surface area (Å²) in [6, 6.07) is 0.518. The lowest BCUT2D eigenvalue weighted by Gasteiger charge is -2.26. The van der Waals surface area contributed by atoms with Gasteiger partial charge in [0.25, 0.3) is 0 Å². The highest BCUT2D eigenvalue weighted by Crippen LogP contribution is 2.13.